The normalized spacial score (nSPS) is 11.5. The second-order valence-corrected chi connectivity index (χ2v) is 14.5. The number of hydrogen-bond donors (Lipinski definition) is 0. The predicted octanol–water partition coefficient (Wildman–Crippen LogP) is 15.2. The number of nitrogens with zero attached hydrogens (tertiary/aromatic N) is 2. The maximum Gasteiger partial charge on any atom is 0.136 e. The van der Waals surface area contributed by atoms with Crippen LogP contribution in [-0.4, -0.2) is 4.57 Å². The molecule has 268 valence electrons. The molecule has 0 N–H and O–H groups in total. The molecule has 0 atom stereocenters. The van der Waals surface area contributed by atoms with Gasteiger partial charge in [-0.05, 0) is 106 Å². The smallest absolute Gasteiger partial charge is 0.136 e. The van der Waals surface area contributed by atoms with Gasteiger partial charge in [0.05, 0.1) is 11.0 Å². The largest absolute Gasteiger partial charge is 0.456 e. The molecular weight excluding hydrogens is 693 g/mol. The van der Waals surface area contributed by atoms with Crippen LogP contribution in [0.3, 0.4) is 0 Å². The molecular formula is C54H36N2O. The molecule has 0 fully saturated rings. The van der Waals surface area contributed by atoms with Crippen LogP contribution in [0.15, 0.2) is 223 Å². The highest BCUT2D eigenvalue weighted by Crippen LogP contribution is 2.42. The topological polar surface area (TPSA) is 21.3 Å². The highest BCUT2D eigenvalue weighted by Gasteiger charge is 2.18. The van der Waals surface area contributed by atoms with E-state index in [0.717, 1.165) is 61.4 Å². The third kappa shape index (κ3) is 5.68. The standard InChI is InChI=1S/C54H36N2O/c1-2-13-37(14-3-1)38-27-31-42(32-28-38)55(44-17-11-16-41(36-44)46-22-12-26-53-54(46)49-21-6-9-25-52(49)57-53)43-33-29-39(30-34-43)40-15-10-18-45(35-40)56-50-23-7-4-19-47(50)48-20-5-8-24-51(48)56/h1-36H. The van der Waals surface area contributed by atoms with E-state index in [9.17, 15) is 0 Å². The van der Waals surface area contributed by atoms with E-state index in [2.05, 4.69) is 216 Å². The third-order valence-electron chi connectivity index (χ3n) is 11.2. The van der Waals surface area contributed by atoms with Crippen molar-refractivity contribution in [1.82, 2.24) is 4.57 Å². The van der Waals surface area contributed by atoms with Crippen LogP contribution in [0.1, 0.15) is 0 Å². The number of rotatable bonds is 7. The molecule has 0 saturated heterocycles. The Hall–Kier alpha value is -7.62. The molecule has 2 heterocycles. The Balaban J connectivity index is 1.01. The van der Waals surface area contributed by atoms with Crippen LogP contribution in [0.4, 0.5) is 17.1 Å². The summed E-state index contributed by atoms with van der Waals surface area (Å²) in [5.41, 5.74) is 15.6. The van der Waals surface area contributed by atoms with Crippen molar-refractivity contribution < 1.29 is 4.42 Å². The van der Waals surface area contributed by atoms with Crippen LogP contribution < -0.4 is 4.90 Å². The van der Waals surface area contributed by atoms with Gasteiger partial charge in [-0.2, -0.15) is 0 Å². The number of aromatic nitrogens is 1. The second-order valence-electron chi connectivity index (χ2n) is 14.5. The molecule has 0 bridgehead atoms. The van der Waals surface area contributed by atoms with Gasteiger partial charge in [0, 0.05) is 44.3 Å². The molecule has 0 radical (unpaired) electrons. The second kappa shape index (κ2) is 13.6. The van der Waals surface area contributed by atoms with Gasteiger partial charge in [0.15, 0.2) is 0 Å². The Morgan fingerprint density at radius 2 is 0.860 bits per heavy atom. The Kier molecular flexibility index (Phi) is 7.82. The molecule has 3 nitrogen and oxygen atoms in total. The number of furan rings is 1. The van der Waals surface area contributed by atoms with Gasteiger partial charge in [-0.3, -0.25) is 0 Å². The maximum atomic E-state index is 6.28. The summed E-state index contributed by atoms with van der Waals surface area (Å²) in [7, 11) is 0. The highest BCUT2D eigenvalue weighted by molar-refractivity contribution is 6.12. The van der Waals surface area contributed by atoms with Crippen molar-refractivity contribution in [2.75, 3.05) is 4.90 Å². The fourth-order valence-corrected chi connectivity index (χ4v) is 8.54. The number of anilines is 3. The molecule has 57 heavy (non-hydrogen) atoms. The Morgan fingerprint density at radius 3 is 1.58 bits per heavy atom. The van der Waals surface area contributed by atoms with Gasteiger partial charge in [-0.25, -0.2) is 0 Å². The van der Waals surface area contributed by atoms with E-state index in [1.54, 1.807) is 0 Å². The number of hydrogen-bond acceptors (Lipinski definition) is 2. The molecule has 0 saturated carbocycles. The fourth-order valence-electron chi connectivity index (χ4n) is 8.54. The Morgan fingerprint density at radius 1 is 0.333 bits per heavy atom. The number of benzene rings is 9. The Bertz CT molecular complexity index is 3170. The lowest BCUT2D eigenvalue weighted by Gasteiger charge is -2.26. The first-order valence-electron chi connectivity index (χ1n) is 19.4. The van der Waals surface area contributed by atoms with Crippen molar-refractivity contribution in [3.63, 3.8) is 0 Å². The maximum absolute atomic E-state index is 6.28. The monoisotopic (exact) mass is 728 g/mol. The molecule has 11 aromatic rings. The molecule has 2 aromatic heterocycles. The SMILES string of the molecule is c1ccc(-c2ccc(N(c3ccc(-c4cccc(-n5c6ccccc6c6ccccc65)c4)cc3)c3cccc(-c4cccc5oc6ccccc6c45)c3)cc2)cc1. The van der Waals surface area contributed by atoms with E-state index in [1.165, 1.54) is 38.5 Å². The zero-order valence-corrected chi connectivity index (χ0v) is 31.1. The highest BCUT2D eigenvalue weighted by atomic mass is 16.3. The molecule has 9 aromatic carbocycles. The zero-order chi connectivity index (χ0) is 37.7. The van der Waals surface area contributed by atoms with Gasteiger partial charge in [0.1, 0.15) is 11.2 Å². The number of fused-ring (bicyclic) bond motifs is 6. The summed E-state index contributed by atoms with van der Waals surface area (Å²) in [5.74, 6) is 0. The van der Waals surface area contributed by atoms with Crippen LogP contribution in [0.5, 0.6) is 0 Å². The van der Waals surface area contributed by atoms with Crippen LogP contribution in [0, 0.1) is 0 Å². The lowest BCUT2D eigenvalue weighted by atomic mass is 9.98. The van der Waals surface area contributed by atoms with Crippen molar-refractivity contribution in [1.29, 1.82) is 0 Å². The van der Waals surface area contributed by atoms with Crippen molar-refractivity contribution in [3.8, 4) is 39.1 Å². The minimum absolute atomic E-state index is 0.894. The summed E-state index contributed by atoms with van der Waals surface area (Å²) in [6, 6.07) is 78.1. The molecule has 3 heteroatoms. The average molecular weight is 729 g/mol. The fraction of sp³-hybridized carbons (Fsp3) is 0. The Labute approximate surface area is 330 Å². The molecule has 0 aliphatic carbocycles. The van der Waals surface area contributed by atoms with E-state index in [4.69, 9.17) is 4.42 Å². The minimum atomic E-state index is 0.894. The van der Waals surface area contributed by atoms with E-state index in [-0.39, 0.29) is 0 Å². The van der Waals surface area contributed by atoms with Crippen molar-refractivity contribution in [3.05, 3.63) is 218 Å². The summed E-state index contributed by atoms with van der Waals surface area (Å²) in [6.07, 6.45) is 0. The molecule has 0 aliphatic heterocycles. The summed E-state index contributed by atoms with van der Waals surface area (Å²) in [5, 5.41) is 4.79. The van der Waals surface area contributed by atoms with E-state index in [1.807, 2.05) is 12.1 Å². The van der Waals surface area contributed by atoms with Gasteiger partial charge >= 0.3 is 0 Å². The van der Waals surface area contributed by atoms with Gasteiger partial charge in [0.2, 0.25) is 0 Å². The van der Waals surface area contributed by atoms with Crippen molar-refractivity contribution >= 4 is 60.8 Å². The van der Waals surface area contributed by atoms with E-state index < -0.39 is 0 Å². The van der Waals surface area contributed by atoms with E-state index >= 15 is 0 Å². The van der Waals surface area contributed by atoms with Gasteiger partial charge in [-0.1, -0.05) is 146 Å². The minimum Gasteiger partial charge on any atom is -0.456 e. The van der Waals surface area contributed by atoms with Crippen molar-refractivity contribution in [2.45, 2.75) is 0 Å². The summed E-state index contributed by atoms with van der Waals surface area (Å²) >= 11 is 0. The lowest BCUT2D eigenvalue weighted by molar-refractivity contribution is 0.669. The van der Waals surface area contributed by atoms with Gasteiger partial charge < -0.3 is 13.9 Å². The van der Waals surface area contributed by atoms with Crippen LogP contribution >= 0.6 is 0 Å². The van der Waals surface area contributed by atoms with Crippen LogP contribution in [-0.2, 0) is 0 Å². The van der Waals surface area contributed by atoms with Gasteiger partial charge in [0.25, 0.3) is 0 Å². The summed E-state index contributed by atoms with van der Waals surface area (Å²) in [6.45, 7) is 0. The summed E-state index contributed by atoms with van der Waals surface area (Å²) < 4.78 is 8.66. The molecule has 0 unspecified atom stereocenters. The zero-order valence-electron chi connectivity index (χ0n) is 31.1. The van der Waals surface area contributed by atoms with E-state index in [0.29, 0.717) is 0 Å². The first kappa shape index (κ1) is 32.8. The molecule has 11 rings (SSSR count). The molecule has 0 amide bonds. The summed E-state index contributed by atoms with van der Waals surface area (Å²) in [4.78, 5) is 2.35. The lowest BCUT2D eigenvalue weighted by Crippen LogP contribution is -2.10. The molecule has 0 aliphatic rings. The van der Waals surface area contributed by atoms with Crippen molar-refractivity contribution in [2.24, 2.45) is 0 Å². The first-order chi connectivity index (χ1) is 28.3. The average Bonchev–Trinajstić information content (AvgIpc) is 3.84. The first-order valence-corrected chi connectivity index (χ1v) is 19.4. The quantitative estimate of drug-likeness (QED) is 0.163. The number of para-hydroxylation sites is 3. The van der Waals surface area contributed by atoms with Gasteiger partial charge in [-0.15, -0.1) is 0 Å². The molecule has 0 spiro atoms. The predicted molar refractivity (Wildman–Crippen MR) is 239 cm³/mol. The van der Waals surface area contributed by atoms with Crippen LogP contribution in [0.2, 0.25) is 0 Å². The van der Waals surface area contributed by atoms with Crippen LogP contribution in [0.25, 0.3) is 82.8 Å². The third-order valence-corrected chi connectivity index (χ3v) is 11.2.